The second-order valence-electron chi connectivity index (χ2n) is 8.54. The van der Waals surface area contributed by atoms with E-state index in [2.05, 4.69) is 20.4 Å². The highest BCUT2D eigenvalue weighted by Gasteiger charge is 2.39. The van der Waals surface area contributed by atoms with E-state index >= 15 is 0 Å². The second-order valence-corrected chi connectivity index (χ2v) is 8.54. The van der Waals surface area contributed by atoms with Crippen molar-refractivity contribution in [2.75, 3.05) is 52.4 Å². The van der Waals surface area contributed by atoms with Crippen molar-refractivity contribution in [3.05, 3.63) is 34.9 Å². The molecule has 31 heavy (non-hydrogen) atoms. The Morgan fingerprint density at radius 2 is 1.81 bits per heavy atom. The molecule has 0 radical (unpaired) electrons. The van der Waals surface area contributed by atoms with Gasteiger partial charge in [-0.2, -0.15) is 0 Å². The summed E-state index contributed by atoms with van der Waals surface area (Å²) in [6.07, 6.45) is 0.660. The van der Waals surface area contributed by atoms with Crippen LogP contribution in [0.15, 0.2) is 18.2 Å². The van der Waals surface area contributed by atoms with Crippen LogP contribution in [-0.2, 0) is 22.7 Å². The van der Waals surface area contributed by atoms with Gasteiger partial charge < -0.3 is 16.0 Å². The number of nitrogens with two attached hydrogens (primary N) is 1. The highest BCUT2D eigenvalue weighted by Crippen LogP contribution is 2.28. The van der Waals surface area contributed by atoms with E-state index in [1.165, 1.54) is 0 Å². The predicted molar refractivity (Wildman–Crippen MR) is 116 cm³/mol. The Morgan fingerprint density at radius 1 is 1.06 bits per heavy atom. The summed E-state index contributed by atoms with van der Waals surface area (Å²) in [5.41, 5.74) is 8.29. The summed E-state index contributed by atoms with van der Waals surface area (Å²) in [7, 11) is 0. The van der Waals surface area contributed by atoms with Crippen LogP contribution < -0.4 is 16.4 Å². The van der Waals surface area contributed by atoms with Gasteiger partial charge in [0, 0.05) is 77.4 Å². The summed E-state index contributed by atoms with van der Waals surface area (Å²) in [4.78, 5) is 42.9. The maximum Gasteiger partial charge on any atom is 0.255 e. The molecule has 4 N–H and O–H groups in total. The number of carbonyl (C=O) groups is 3. The Kier molecular flexibility index (Phi) is 6.96. The molecule has 3 heterocycles. The number of fused-ring (bicyclic) bond motifs is 1. The molecule has 2 fully saturated rings. The zero-order chi connectivity index (χ0) is 21.8. The Hall–Kier alpha value is -2.33. The van der Waals surface area contributed by atoms with Crippen molar-refractivity contribution in [2.45, 2.75) is 32.0 Å². The lowest BCUT2D eigenvalue weighted by Crippen LogP contribution is -2.52. The predicted octanol–water partition coefficient (Wildman–Crippen LogP) is -0.886. The third kappa shape index (κ3) is 5.12. The third-order valence-electron chi connectivity index (χ3n) is 6.44. The fourth-order valence-corrected chi connectivity index (χ4v) is 4.60. The summed E-state index contributed by atoms with van der Waals surface area (Å²) >= 11 is 0. The minimum Gasteiger partial charge on any atom is -0.329 e. The molecule has 0 aliphatic carbocycles. The SMILES string of the molecule is NCCN1CCN(CCNCc2ccc3c(c2)C(=O)N(C2CCC(=O)NC2=O)C3)CC1. The molecule has 9 nitrogen and oxygen atoms in total. The highest BCUT2D eigenvalue weighted by molar-refractivity contribution is 6.05. The van der Waals surface area contributed by atoms with Gasteiger partial charge in [0.15, 0.2) is 0 Å². The van der Waals surface area contributed by atoms with Gasteiger partial charge in [-0.05, 0) is 23.6 Å². The number of nitrogens with one attached hydrogen (secondary N) is 2. The molecule has 0 saturated carbocycles. The van der Waals surface area contributed by atoms with Gasteiger partial charge in [-0.25, -0.2) is 0 Å². The lowest BCUT2D eigenvalue weighted by Gasteiger charge is -2.34. The Bertz CT molecular complexity index is 837. The second kappa shape index (κ2) is 9.86. The first-order valence-corrected chi connectivity index (χ1v) is 11.2. The van der Waals surface area contributed by atoms with Crippen LogP contribution in [0, 0.1) is 0 Å². The van der Waals surface area contributed by atoms with Crippen LogP contribution in [0.3, 0.4) is 0 Å². The average molecular weight is 429 g/mol. The van der Waals surface area contributed by atoms with E-state index in [1.807, 2.05) is 18.2 Å². The Labute approximate surface area is 182 Å². The molecule has 1 aromatic carbocycles. The smallest absolute Gasteiger partial charge is 0.255 e. The van der Waals surface area contributed by atoms with Crippen LogP contribution in [-0.4, -0.2) is 90.8 Å². The molecule has 9 heteroatoms. The van der Waals surface area contributed by atoms with Gasteiger partial charge in [0.2, 0.25) is 11.8 Å². The maximum absolute atomic E-state index is 12.9. The molecule has 3 aliphatic rings. The largest absolute Gasteiger partial charge is 0.329 e. The average Bonchev–Trinajstić information content (AvgIpc) is 3.08. The maximum atomic E-state index is 12.9. The first-order chi connectivity index (χ1) is 15.0. The van der Waals surface area contributed by atoms with Crippen LogP contribution >= 0.6 is 0 Å². The van der Waals surface area contributed by atoms with Gasteiger partial charge in [0.05, 0.1) is 0 Å². The van der Waals surface area contributed by atoms with Crippen molar-refractivity contribution in [3.8, 4) is 0 Å². The van der Waals surface area contributed by atoms with Gasteiger partial charge in [0.25, 0.3) is 5.91 Å². The lowest BCUT2D eigenvalue weighted by molar-refractivity contribution is -0.136. The number of piperazine rings is 1. The van der Waals surface area contributed by atoms with E-state index in [4.69, 9.17) is 5.73 Å². The molecule has 3 amide bonds. The molecular formula is C22H32N6O3. The molecular weight excluding hydrogens is 396 g/mol. The number of amides is 3. The molecule has 1 atom stereocenters. The zero-order valence-electron chi connectivity index (χ0n) is 17.9. The van der Waals surface area contributed by atoms with Crippen molar-refractivity contribution in [1.29, 1.82) is 0 Å². The number of piperidine rings is 1. The van der Waals surface area contributed by atoms with Gasteiger partial charge in [-0.15, -0.1) is 0 Å². The van der Waals surface area contributed by atoms with E-state index < -0.39 is 6.04 Å². The molecule has 0 bridgehead atoms. The van der Waals surface area contributed by atoms with Crippen LogP contribution in [0.5, 0.6) is 0 Å². The minimum absolute atomic E-state index is 0.123. The van der Waals surface area contributed by atoms with E-state index in [0.29, 0.717) is 25.1 Å². The van der Waals surface area contributed by atoms with Crippen molar-refractivity contribution in [2.24, 2.45) is 5.73 Å². The summed E-state index contributed by atoms with van der Waals surface area (Å²) in [6.45, 7) is 9.02. The van der Waals surface area contributed by atoms with Gasteiger partial charge >= 0.3 is 0 Å². The molecule has 1 unspecified atom stereocenters. The molecule has 1 aromatic rings. The van der Waals surface area contributed by atoms with Crippen molar-refractivity contribution < 1.29 is 14.4 Å². The number of benzene rings is 1. The molecule has 0 aromatic heterocycles. The standard InChI is InChI=1S/C22H32N6O3/c23-5-7-26-9-11-27(12-10-26)8-6-24-14-16-1-2-17-15-28(22(31)18(17)13-16)19-3-4-20(29)25-21(19)30/h1-2,13,19,24H,3-12,14-15,23H2,(H,25,29,30). The van der Waals surface area contributed by atoms with Crippen LogP contribution in [0.1, 0.15) is 34.3 Å². The number of rotatable bonds is 8. The van der Waals surface area contributed by atoms with Crippen LogP contribution in [0.4, 0.5) is 0 Å². The van der Waals surface area contributed by atoms with Crippen LogP contribution in [0.2, 0.25) is 0 Å². The minimum atomic E-state index is -0.565. The van der Waals surface area contributed by atoms with Gasteiger partial charge in [0.1, 0.15) is 6.04 Å². The lowest BCUT2D eigenvalue weighted by atomic mass is 10.0. The fraction of sp³-hybridized carbons (Fsp3) is 0.591. The van der Waals surface area contributed by atoms with E-state index in [0.717, 1.165) is 63.5 Å². The quantitative estimate of drug-likeness (QED) is 0.364. The summed E-state index contributed by atoms with van der Waals surface area (Å²) in [5.74, 6) is -0.763. The number of hydrogen-bond acceptors (Lipinski definition) is 7. The van der Waals surface area contributed by atoms with Crippen molar-refractivity contribution in [3.63, 3.8) is 0 Å². The monoisotopic (exact) mass is 428 g/mol. The molecule has 3 aliphatic heterocycles. The number of carbonyl (C=O) groups excluding carboxylic acids is 3. The van der Waals surface area contributed by atoms with Gasteiger partial charge in [-0.1, -0.05) is 12.1 Å². The number of imide groups is 1. The first-order valence-electron chi connectivity index (χ1n) is 11.2. The molecule has 0 spiro atoms. The van der Waals surface area contributed by atoms with Crippen LogP contribution in [0.25, 0.3) is 0 Å². The molecule has 2 saturated heterocycles. The molecule has 4 rings (SSSR count). The van der Waals surface area contributed by atoms with Crippen molar-refractivity contribution in [1.82, 2.24) is 25.3 Å². The normalized spacial score (nSPS) is 22.7. The van der Waals surface area contributed by atoms with Gasteiger partial charge in [-0.3, -0.25) is 29.5 Å². The topological polar surface area (TPSA) is 111 Å². The Balaban J connectivity index is 1.25. The number of hydrogen-bond donors (Lipinski definition) is 3. The van der Waals surface area contributed by atoms with Crippen molar-refractivity contribution >= 4 is 17.7 Å². The number of nitrogens with zero attached hydrogens (tertiary/aromatic N) is 3. The third-order valence-corrected chi connectivity index (χ3v) is 6.44. The zero-order valence-corrected chi connectivity index (χ0v) is 17.9. The van der Waals surface area contributed by atoms with E-state index in [-0.39, 0.29) is 24.1 Å². The van der Waals surface area contributed by atoms with E-state index in [1.54, 1.807) is 4.90 Å². The first kappa shape index (κ1) is 21.9. The fourth-order valence-electron chi connectivity index (χ4n) is 4.60. The Morgan fingerprint density at radius 3 is 2.52 bits per heavy atom. The summed E-state index contributed by atoms with van der Waals surface area (Å²) in [5, 5.41) is 5.82. The summed E-state index contributed by atoms with van der Waals surface area (Å²) in [6, 6.07) is 5.39. The molecule has 168 valence electrons. The van der Waals surface area contributed by atoms with E-state index in [9.17, 15) is 14.4 Å². The highest BCUT2D eigenvalue weighted by atomic mass is 16.2. The summed E-state index contributed by atoms with van der Waals surface area (Å²) < 4.78 is 0.